The summed E-state index contributed by atoms with van der Waals surface area (Å²) in [4.78, 5) is 55.2. The van der Waals surface area contributed by atoms with E-state index in [1.54, 1.807) is 0 Å². The van der Waals surface area contributed by atoms with Crippen LogP contribution in [0.4, 0.5) is 0 Å². The average Bonchev–Trinajstić information content (AvgIpc) is 1.59. The second kappa shape index (κ2) is 29.9. The van der Waals surface area contributed by atoms with Crippen LogP contribution in [0.1, 0.15) is 219 Å². The SMILES string of the molecule is CCCCC1=C(C)c2nc1cc1[nH]c(c(C)c1CCCC)c(-c1cccc(CCc3cc4cc5nc(cc6ccc(cc7nc(cc3[nH]4)C=C7)[nH]6)C=C5)c1)c1nc(cc3[nH]c(c(C)c3CCCC)c2-c2cccc(CCc3cc4cc5nc(cc6ccc(cc7nc(cc3[nH]4)C=C7)[nH]6)C=C5)c2)C(CCCC)=C1C. The highest BCUT2D eigenvalue weighted by atomic mass is 14.8. The lowest BCUT2D eigenvalue weighted by Crippen LogP contribution is -1.94. The Bertz CT molecular complexity index is 5810. The monoisotopic (exact) mass is 1410 g/mol. The van der Waals surface area contributed by atoms with Crippen LogP contribution in [0.5, 0.6) is 0 Å². The minimum Gasteiger partial charge on any atom is -0.355 e. The van der Waals surface area contributed by atoms with Gasteiger partial charge in [0.05, 0.1) is 79.4 Å². The molecule has 17 rings (SSSR count). The smallest absolute Gasteiger partial charge is 0.0769 e. The number of fused-ring (bicyclic) bond motifs is 24. The molecule has 9 aromatic heterocycles. The van der Waals surface area contributed by atoms with Gasteiger partial charge < -0.3 is 29.9 Å². The van der Waals surface area contributed by atoms with Crippen LogP contribution in [0.15, 0.2) is 146 Å². The highest BCUT2D eigenvalue weighted by molar-refractivity contribution is 6.04. The fourth-order valence-electron chi connectivity index (χ4n) is 16.7. The molecule has 108 heavy (non-hydrogen) atoms. The van der Waals surface area contributed by atoms with Gasteiger partial charge in [-0.3, -0.25) is 0 Å². The zero-order chi connectivity index (χ0) is 73.5. The number of hydrogen-bond donors (Lipinski definition) is 6. The molecule has 0 spiro atoms. The Morgan fingerprint density at radius 2 is 0.630 bits per heavy atom. The van der Waals surface area contributed by atoms with E-state index in [0.717, 1.165) is 260 Å². The maximum Gasteiger partial charge on any atom is 0.0769 e. The fourth-order valence-corrected chi connectivity index (χ4v) is 16.7. The largest absolute Gasteiger partial charge is 0.355 e. The zero-order valence-corrected chi connectivity index (χ0v) is 63.5. The molecule has 0 atom stereocenters. The molecular formula is C96H94N12. The number of aryl methyl sites for hydroxylation is 8. The van der Waals surface area contributed by atoms with E-state index in [4.69, 9.17) is 29.9 Å². The number of nitrogens with zero attached hydrogens (tertiary/aromatic N) is 6. The van der Waals surface area contributed by atoms with E-state index in [1.807, 2.05) is 0 Å². The Morgan fingerprint density at radius 3 is 0.991 bits per heavy atom. The van der Waals surface area contributed by atoms with Crippen molar-refractivity contribution in [3.05, 3.63) is 258 Å². The third-order valence-corrected chi connectivity index (χ3v) is 22.5. The number of aromatic amines is 6. The van der Waals surface area contributed by atoms with E-state index in [-0.39, 0.29) is 0 Å². The van der Waals surface area contributed by atoms with Crippen molar-refractivity contribution in [3.8, 4) is 22.3 Å². The van der Waals surface area contributed by atoms with Gasteiger partial charge in [0.25, 0.3) is 0 Å². The van der Waals surface area contributed by atoms with E-state index in [9.17, 15) is 0 Å². The molecule has 538 valence electrons. The maximum absolute atomic E-state index is 6.01. The summed E-state index contributed by atoms with van der Waals surface area (Å²) in [5, 5.41) is 0. The van der Waals surface area contributed by atoms with Crippen LogP contribution in [-0.4, -0.2) is 59.8 Å². The average molecular weight is 1420 g/mol. The molecule has 0 fully saturated rings. The molecule has 0 radical (unpaired) electrons. The first-order chi connectivity index (χ1) is 52.8. The van der Waals surface area contributed by atoms with Gasteiger partial charge in [-0.05, 0) is 328 Å². The number of hydrogen-bond acceptors (Lipinski definition) is 6. The van der Waals surface area contributed by atoms with Gasteiger partial charge in [-0.1, -0.05) is 102 Å². The molecular weight excluding hydrogens is 1320 g/mol. The van der Waals surface area contributed by atoms with Crippen LogP contribution in [0, 0.1) is 13.8 Å². The summed E-state index contributed by atoms with van der Waals surface area (Å²) < 4.78 is 0. The predicted octanol–water partition coefficient (Wildman–Crippen LogP) is 24.7. The normalized spacial score (nSPS) is 13.2. The summed E-state index contributed by atoms with van der Waals surface area (Å²) >= 11 is 0. The molecule has 0 saturated heterocycles. The number of nitrogens with one attached hydrogen (secondary N) is 6. The third kappa shape index (κ3) is 14.2. The van der Waals surface area contributed by atoms with Gasteiger partial charge in [-0.2, -0.15) is 0 Å². The first-order valence-corrected chi connectivity index (χ1v) is 39.4. The molecule has 0 unspecified atom stereocenters. The molecule has 11 aromatic rings. The number of H-pyrrole nitrogens is 6. The second-order valence-corrected chi connectivity index (χ2v) is 30.2. The lowest BCUT2D eigenvalue weighted by Gasteiger charge is -2.11. The number of unbranched alkanes of at least 4 members (excludes halogenated alkanes) is 4. The first kappa shape index (κ1) is 69.3. The Labute approximate surface area is 632 Å². The van der Waals surface area contributed by atoms with E-state index in [1.165, 1.54) is 66.8 Å². The van der Waals surface area contributed by atoms with Gasteiger partial charge in [-0.15, -0.1) is 0 Å². The van der Waals surface area contributed by atoms with E-state index in [2.05, 4.69) is 279 Å². The molecule has 6 N–H and O–H groups in total. The standard InChI is InChI=1S/C96H94N12/c1-9-13-23-81-57(5)93-91(65-21-17-19-61(43-65)27-29-63-45-79-51-75-37-35-71(99-75)47-67-31-33-69(97-67)49-73-39-41-77(101-73)53-85(63)103-79)94-59(7)83(25-15-11-3)89(107-94)56-90-84(26-16-12-4)60(8)96(108-90)92(95-58(6)82(24-14-10-2)88(106-95)55-87(81)105-93)66-22-18-20-62(44-66)28-30-64-46-80-52-76-38-36-72(100-76)48-68-32-34-70(98-68)50-74-40-42-78(102-74)54-86(64)104-80/h17-22,31-56,97-98,103-105,108H,9-16,23-30H2,1-8H3. The van der Waals surface area contributed by atoms with Crippen molar-refractivity contribution in [3.63, 3.8) is 0 Å². The molecule has 12 nitrogen and oxygen atoms in total. The number of rotatable bonds is 20. The van der Waals surface area contributed by atoms with Crippen LogP contribution in [-0.2, 0) is 38.5 Å². The lowest BCUT2D eigenvalue weighted by molar-refractivity contribution is 0.796. The van der Waals surface area contributed by atoms with E-state index in [0.29, 0.717) is 0 Å². The van der Waals surface area contributed by atoms with Crippen LogP contribution < -0.4 is 0 Å². The molecule has 0 amide bonds. The van der Waals surface area contributed by atoms with Gasteiger partial charge in [-0.25, -0.2) is 29.9 Å². The van der Waals surface area contributed by atoms with Crippen molar-refractivity contribution in [1.82, 2.24) is 59.8 Å². The number of benzene rings is 2. The van der Waals surface area contributed by atoms with Crippen molar-refractivity contribution in [1.29, 1.82) is 0 Å². The first-order valence-electron chi connectivity index (χ1n) is 39.4. The van der Waals surface area contributed by atoms with E-state index >= 15 is 0 Å². The summed E-state index contributed by atoms with van der Waals surface area (Å²) in [6.45, 7) is 18.6. The van der Waals surface area contributed by atoms with Crippen LogP contribution in [0.3, 0.4) is 0 Å². The van der Waals surface area contributed by atoms with Crippen molar-refractivity contribution in [2.24, 2.45) is 0 Å². The fraction of sp³-hybridized carbons (Fsp3) is 0.250. The molecule has 15 heterocycles. The minimum atomic E-state index is 0.813. The number of aromatic nitrogens is 12. The summed E-state index contributed by atoms with van der Waals surface area (Å²) in [5.41, 5.74) is 44.0. The van der Waals surface area contributed by atoms with Crippen molar-refractivity contribution in [2.45, 2.75) is 158 Å². The number of allylic oxidation sites excluding steroid dienone is 4. The molecule has 0 aliphatic carbocycles. The Kier molecular flexibility index (Phi) is 19.2. The van der Waals surface area contributed by atoms with Crippen molar-refractivity contribution in [2.75, 3.05) is 0 Å². The van der Waals surface area contributed by atoms with Gasteiger partial charge in [0.15, 0.2) is 0 Å². The highest BCUT2D eigenvalue weighted by Gasteiger charge is 2.28. The van der Waals surface area contributed by atoms with Crippen molar-refractivity contribution < 1.29 is 0 Å². The summed E-state index contributed by atoms with van der Waals surface area (Å²) in [6, 6.07) is 53.5. The maximum atomic E-state index is 6.01. The van der Waals surface area contributed by atoms with Gasteiger partial charge >= 0.3 is 0 Å². The predicted molar refractivity (Wildman–Crippen MR) is 455 cm³/mol. The van der Waals surface area contributed by atoms with Gasteiger partial charge in [0.1, 0.15) is 0 Å². The molecule has 24 bridgehead atoms. The minimum absolute atomic E-state index is 0.813. The van der Waals surface area contributed by atoms with Gasteiger partial charge in [0, 0.05) is 66.3 Å². The quantitative estimate of drug-likeness (QED) is 0.0443. The Morgan fingerprint density at radius 1 is 0.287 bits per heavy atom. The Balaban J connectivity index is 0.823. The van der Waals surface area contributed by atoms with E-state index < -0.39 is 0 Å². The van der Waals surface area contributed by atoms with Gasteiger partial charge in [0.2, 0.25) is 0 Å². The summed E-state index contributed by atoms with van der Waals surface area (Å²) in [7, 11) is 0. The third-order valence-electron chi connectivity index (χ3n) is 22.5. The van der Waals surface area contributed by atoms with Crippen molar-refractivity contribution >= 4 is 137 Å². The zero-order valence-electron chi connectivity index (χ0n) is 63.5. The highest BCUT2D eigenvalue weighted by Crippen LogP contribution is 2.46. The second-order valence-electron chi connectivity index (χ2n) is 30.2. The molecule has 6 aliphatic heterocycles. The molecule has 6 aliphatic rings. The lowest BCUT2D eigenvalue weighted by atomic mass is 9.92. The summed E-state index contributed by atoms with van der Waals surface area (Å²) in [6.07, 6.45) is 32.3. The van der Waals surface area contributed by atoms with Crippen LogP contribution in [0.2, 0.25) is 0 Å². The topological polar surface area (TPSA) is 172 Å². The molecule has 2 aromatic carbocycles. The molecule has 12 heteroatoms. The van der Waals surface area contributed by atoms with Crippen LogP contribution >= 0.6 is 0 Å². The van der Waals surface area contributed by atoms with Crippen LogP contribution in [0.25, 0.3) is 159 Å². The Hall–Kier alpha value is -11.8. The summed E-state index contributed by atoms with van der Waals surface area (Å²) in [5.74, 6) is 0. The molecule has 0 saturated carbocycles.